The Labute approximate surface area is 165 Å². The molecule has 6 nitrogen and oxygen atoms in total. The minimum atomic E-state index is -0.0761. The topological polar surface area (TPSA) is 65.5 Å². The number of benzene rings is 1. The Morgan fingerprint density at radius 1 is 1.00 bits per heavy atom. The number of rotatable bonds is 5. The zero-order valence-corrected chi connectivity index (χ0v) is 16.0. The third kappa shape index (κ3) is 4.16. The summed E-state index contributed by atoms with van der Waals surface area (Å²) in [6.45, 7) is 1.22. The van der Waals surface area contributed by atoms with Gasteiger partial charge in [0.25, 0.3) is 0 Å². The molecule has 0 unspecified atom stereocenters. The van der Waals surface area contributed by atoms with E-state index in [1.165, 1.54) is 19.3 Å². The quantitative estimate of drug-likeness (QED) is 0.837. The average Bonchev–Trinajstić information content (AvgIpc) is 3.11. The third-order valence-corrected chi connectivity index (χ3v) is 5.58. The molecule has 2 heterocycles. The van der Waals surface area contributed by atoms with Crippen LogP contribution in [0, 0.1) is 5.92 Å². The van der Waals surface area contributed by atoms with Crippen LogP contribution >= 0.6 is 0 Å². The van der Waals surface area contributed by atoms with Crippen molar-refractivity contribution in [2.45, 2.75) is 38.5 Å². The molecule has 146 valence electrons. The van der Waals surface area contributed by atoms with Gasteiger partial charge in [0.15, 0.2) is 0 Å². The monoisotopic (exact) mass is 378 g/mol. The maximum absolute atomic E-state index is 12.7. The van der Waals surface area contributed by atoms with Crippen LogP contribution in [0.2, 0.25) is 0 Å². The second kappa shape index (κ2) is 8.42. The summed E-state index contributed by atoms with van der Waals surface area (Å²) in [4.78, 5) is 32.8. The smallest absolute Gasteiger partial charge is 0.325 e. The van der Waals surface area contributed by atoms with Crippen molar-refractivity contribution < 1.29 is 9.59 Å². The molecule has 28 heavy (non-hydrogen) atoms. The highest BCUT2D eigenvalue weighted by atomic mass is 16.2. The summed E-state index contributed by atoms with van der Waals surface area (Å²) in [6, 6.07) is 13.2. The number of para-hydroxylation sites is 1. The summed E-state index contributed by atoms with van der Waals surface area (Å²) in [5, 5.41) is 2.94. The van der Waals surface area contributed by atoms with E-state index in [2.05, 4.69) is 10.3 Å². The van der Waals surface area contributed by atoms with Gasteiger partial charge in [0, 0.05) is 25.2 Å². The number of nitrogens with one attached hydrogen (secondary N) is 1. The Balaban J connectivity index is 1.35. The summed E-state index contributed by atoms with van der Waals surface area (Å²) >= 11 is 0. The molecule has 0 bridgehead atoms. The molecule has 2 fully saturated rings. The summed E-state index contributed by atoms with van der Waals surface area (Å²) < 4.78 is 0. The fourth-order valence-electron chi connectivity index (χ4n) is 4.08. The van der Waals surface area contributed by atoms with Crippen molar-refractivity contribution in [2.75, 3.05) is 28.2 Å². The highest BCUT2D eigenvalue weighted by Gasteiger charge is 2.31. The average molecular weight is 378 g/mol. The maximum Gasteiger partial charge on any atom is 0.330 e. The van der Waals surface area contributed by atoms with Crippen LogP contribution in [-0.4, -0.2) is 30.0 Å². The van der Waals surface area contributed by atoms with Crippen LogP contribution in [0.4, 0.5) is 22.0 Å². The summed E-state index contributed by atoms with van der Waals surface area (Å²) in [7, 11) is 0. The number of aromatic nitrogens is 1. The molecule has 1 aliphatic carbocycles. The van der Waals surface area contributed by atoms with Gasteiger partial charge in [-0.05, 0) is 43.0 Å². The number of amides is 3. The first-order valence-electron chi connectivity index (χ1n) is 10.1. The van der Waals surface area contributed by atoms with Crippen LogP contribution < -0.4 is 15.1 Å². The maximum atomic E-state index is 12.7. The molecule has 3 amide bonds. The molecular formula is C22H26N4O2. The van der Waals surface area contributed by atoms with Gasteiger partial charge in [-0.15, -0.1) is 0 Å². The normalized spacial score (nSPS) is 17.8. The Kier molecular flexibility index (Phi) is 5.55. The van der Waals surface area contributed by atoms with Crippen LogP contribution in [0.3, 0.4) is 0 Å². The van der Waals surface area contributed by atoms with Crippen molar-refractivity contribution in [1.82, 2.24) is 4.98 Å². The van der Waals surface area contributed by atoms with E-state index >= 15 is 0 Å². The number of nitrogens with zero attached hydrogens (tertiary/aromatic N) is 3. The third-order valence-electron chi connectivity index (χ3n) is 5.58. The highest BCUT2D eigenvalue weighted by Crippen LogP contribution is 2.27. The number of carbonyl (C=O) groups excluding carboxylic acids is 2. The standard InChI is InChI=1S/C22H26N4O2/c27-21(15-17-7-3-1-4-8-17)24-18-11-12-20(23-16-18)26-14-13-25(22(26)28)19-9-5-2-6-10-19/h2,5-6,9-12,16-17H,1,3-4,7-8,13-15H2,(H,24,27). The number of pyridine rings is 1. The first-order chi connectivity index (χ1) is 13.7. The van der Waals surface area contributed by atoms with E-state index in [0.29, 0.717) is 36.9 Å². The van der Waals surface area contributed by atoms with Crippen LogP contribution in [0.15, 0.2) is 48.7 Å². The van der Waals surface area contributed by atoms with Crippen molar-refractivity contribution in [3.63, 3.8) is 0 Å². The van der Waals surface area contributed by atoms with Gasteiger partial charge in [0.2, 0.25) is 5.91 Å². The lowest BCUT2D eigenvalue weighted by Crippen LogP contribution is -2.32. The molecule has 1 saturated heterocycles. The van der Waals surface area contributed by atoms with Crippen LogP contribution in [0.5, 0.6) is 0 Å². The Morgan fingerprint density at radius 2 is 1.75 bits per heavy atom. The lowest BCUT2D eigenvalue weighted by Gasteiger charge is -2.21. The van der Waals surface area contributed by atoms with E-state index < -0.39 is 0 Å². The number of hydrogen-bond acceptors (Lipinski definition) is 3. The van der Waals surface area contributed by atoms with Crippen LogP contribution in [0.25, 0.3) is 0 Å². The molecule has 1 saturated carbocycles. The molecule has 1 aromatic heterocycles. The molecule has 1 aromatic carbocycles. The summed E-state index contributed by atoms with van der Waals surface area (Å²) in [6.07, 6.45) is 8.28. The second-order valence-corrected chi connectivity index (χ2v) is 7.58. The Hall–Kier alpha value is -2.89. The summed E-state index contributed by atoms with van der Waals surface area (Å²) in [5.74, 6) is 1.16. The lowest BCUT2D eigenvalue weighted by atomic mass is 9.87. The molecule has 2 aliphatic rings. The predicted molar refractivity (Wildman–Crippen MR) is 111 cm³/mol. The minimum absolute atomic E-state index is 0.0500. The lowest BCUT2D eigenvalue weighted by molar-refractivity contribution is -0.117. The number of urea groups is 1. The predicted octanol–water partition coefficient (Wildman–Crippen LogP) is 4.44. The first-order valence-corrected chi connectivity index (χ1v) is 10.1. The number of carbonyl (C=O) groups is 2. The second-order valence-electron chi connectivity index (χ2n) is 7.58. The van der Waals surface area contributed by atoms with E-state index in [1.54, 1.807) is 22.1 Å². The fraction of sp³-hybridized carbons (Fsp3) is 0.409. The number of anilines is 3. The molecule has 1 aliphatic heterocycles. The van der Waals surface area contributed by atoms with Gasteiger partial charge in [-0.2, -0.15) is 0 Å². The van der Waals surface area contributed by atoms with Crippen molar-refractivity contribution >= 4 is 29.1 Å². The Morgan fingerprint density at radius 3 is 2.46 bits per heavy atom. The molecular weight excluding hydrogens is 352 g/mol. The number of hydrogen-bond donors (Lipinski definition) is 1. The van der Waals surface area contributed by atoms with Crippen molar-refractivity contribution in [3.8, 4) is 0 Å². The largest absolute Gasteiger partial charge is 0.330 e. The molecule has 1 N–H and O–H groups in total. The highest BCUT2D eigenvalue weighted by molar-refractivity contribution is 6.05. The van der Waals surface area contributed by atoms with Crippen LogP contribution in [0.1, 0.15) is 38.5 Å². The van der Waals surface area contributed by atoms with E-state index in [4.69, 9.17) is 0 Å². The van der Waals surface area contributed by atoms with Gasteiger partial charge in [0.05, 0.1) is 11.9 Å². The summed E-state index contributed by atoms with van der Waals surface area (Å²) in [5.41, 5.74) is 1.57. The van der Waals surface area contributed by atoms with E-state index in [9.17, 15) is 9.59 Å². The zero-order chi connectivity index (χ0) is 19.3. The Bertz CT molecular complexity index is 816. The minimum Gasteiger partial charge on any atom is -0.325 e. The van der Waals surface area contributed by atoms with E-state index in [1.807, 2.05) is 36.4 Å². The van der Waals surface area contributed by atoms with Crippen molar-refractivity contribution in [1.29, 1.82) is 0 Å². The first kappa shape index (κ1) is 18.5. The van der Waals surface area contributed by atoms with E-state index in [0.717, 1.165) is 18.5 Å². The van der Waals surface area contributed by atoms with Crippen LogP contribution in [-0.2, 0) is 4.79 Å². The fourth-order valence-corrected chi connectivity index (χ4v) is 4.08. The zero-order valence-electron chi connectivity index (χ0n) is 16.0. The van der Waals surface area contributed by atoms with Crippen molar-refractivity contribution in [2.24, 2.45) is 5.92 Å². The molecule has 0 radical (unpaired) electrons. The molecule has 4 rings (SSSR count). The van der Waals surface area contributed by atoms with Gasteiger partial charge < -0.3 is 5.32 Å². The van der Waals surface area contributed by atoms with Gasteiger partial charge in [-0.25, -0.2) is 9.78 Å². The molecule has 0 spiro atoms. The van der Waals surface area contributed by atoms with Gasteiger partial charge in [-0.3, -0.25) is 14.6 Å². The molecule has 6 heteroatoms. The van der Waals surface area contributed by atoms with E-state index in [-0.39, 0.29) is 11.9 Å². The SMILES string of the molecule is O=C(CC1CCCCC1)Nc1ccc(N2CCN(c3ccccc3)C2=O)nc1. The molecule has 2 aromatic rings. The van der Waals surface area contributed by atoms with Crippen molar-refractivity contribution in [3.05, 3.63) is 48.7 Å². The molecule has 0 atom stereocenters. The van der Waals surface area contributed by atoms with Gasteiger partial charge in [0.1, 0.15) is 5.82 Å². The van der Waals surface area contributed by atoms with Gasteiger partial charge >= 0.3 is 6.03 Å². The van der Waals surface area contributed by atoms with Gasteiger partial charge in [-0.1, -0.05) is 37.5 Å².